The van der Waals surface area contributed by atoms with Crippen molar-refractivity contribution >= 4 is 11.6 Å². The monoisotopic (exact) mass is 306 g/mol. The standard InChI is InChI=1S/C17H26N2O3/c1-10(2)16-17(20)19(11(3)4)14-8-12(13(18)9-21-5)6-7-15(14)22-16/h6-8,10-11,13,16H,9,18H2,1-5H3. The number of methoxy groups -OCH3 is 1. The van der Waals surface area contributed by atoms with Gasteiger partial charge in [0.25, 0.3) is 5.91 Å². The lowest BCUT2D eigenvalue weighted by molar-refractivity contribution is -0.128. The minimum absolute atomic E-state index is 0.00922. The molecule has 5 nitrogen and oxygen atoms in total. The summed E-state index contributed by atoms with van der Waals surface area (Å²) in [6, 6.07) is 5.62. The molecule has 0 aromatic heterocycles. The summed E-state index contributed by atoms with van der Waals surface area (Å²) in [5.74, 6) is 0.868. The first-order valence-electron chi connectivity index (χ1n) is 7.75. The van der Waals surface area contributed by atoms with Crippen molar-refractivity contribution in [2.45, 2.75) is 45.9 Å². The molecule has 122 valence electrons. The van der Waals surface area contributed by atoms with E-state index < -0.39 is 6.10 Å². The third-order valence-electron chi connectivity index (χ3n) is 3.87. The van der Waals surface area contributed by atoms with E-state index in [-0.39, 0.29) is 23.9 Å². The minimum Gasteiger partial charge on any atom is -0.478 e. The second-order valence-electron chi connectivity index (χ2n) is 6.37. The Morgan fingerprint density at radius 3 is 2.55 bits per heavy atom. The van der Waals surface area contributed by atoms with Crippen molar-refractivity contribution < 1.29 is 14.3 Å². The Bertz CT molecular complexity index is 543. The predicted octanol–water partition coefficient (Wildman–Crippen LogP) is 2.49. The fourth-order valence-corrected chi connectivity index (χ4v) is 2.73. The molecule has 5 heteroatoms. The van der Waals surface area contributed by atoms with Crippen LogP contribution in [0.3, 0.4) is 0 Å². The average Bonchev–Trinajstić information content (AvgIpc) is 2.45. The molecule has 0 fully saturated rings. The smallest absolute Gasteiger partial charge is 0.268 e. The first-order valence-corrected chi connectivity index (χ1v) is 7.75. The molecule has 1 aromatic carbocycles. The van der Waals surface area contributed by atoms with Crippen LogP contribution in [0.25, 0.3) is 0 Å². The molecule has 0 saturated heterocycles. The Balaban J connectivity index is 2.44. The van der Waals surface area contributed by atoms with Crippen molar-refractivity contribution in [3.63, 3.8) is 0 Å². The summed E-state index contributed by atoms with van der Waals surface area (Å²) in [5.41, 5.74) is 7.83. The Hall–Kier alpha value is -1.59. The van der Waals surface area contributed by atoms with Crippen LogP contribution in [0.4, 0.5) is 5.69 Å². The highest BCUT2D eigenvalue weighted by molar-refractivity contribution is 6.00. The van der Waals surface area contributed by atoms with Crippen molar-refractivity contribution in [2.24, 2.45) is 11.7 Å². The van der Waals surface area contributed by atoms with Crippen LogP contribution < -0.4 is 15.4 Å². The molecule has 2 unspecified atom stereocenters. The Labute approximate surface area is 132 Å². The SMILES string of the molecule is COCC(N)c1ccc2c(c1)N(C(C)C)C(=O)C(C(C)C)O2. The van der Waals surface area contributed by atoms with E-state index >= 15 is 0 Å². The predicted molar refractivity (Wildman–Crippen MR) is 87.1 cm³/mol. The van der Waals surface area contributed by atoms with Gasteiger partial charge in [-0.15, -0.1) is 0 Å². The molecule has 22 heavy (non-hydrogen) atoms. The van der Waals surface area contributed by atoms with Gasteiger partial charge in [0.15, 0.2) is 6.10 Å². The first kappa shape index (κ1) is 16.8. The van der Waals surface area contributed by atoms with Crippen LogP contribution >= 0.6 is 0 Å². The van der Waals surface area contributed by atoms with Crippen molar-refractivity contribution in [3.05, 3.63) is 23.8 Å². The number of hydrogen-bond donors (Lipinski definition) is 1. The molecule has 2 N–H and O–H groups in total. The fourth-order valence-electron chi connectivity index (χ4n) is 2.73. The second-order valence-corrected chi connectivity index (χ2v) is 6.37. The molecule has 1 aliphatic heterocycles. The summed E-state index contributed by atoms with van der Waals surface area (Å²) >= 11 is 0. The lowest BCUT2D eigenvalue weighted by Crippen LogP contribution is -2.51. The summed E-state index contributed by atoms with van der Waals surface area (Å²) in [6.45, 7) is 8.44. The number of nitrogens with two attached hydrogens (primary N) is 1. The number of carbonyl (C=O) groups is 1. The number of ether oxygens (including phenoxy) is 2. The van der Waals surface area contributed by atoms with Gasteiger partial charge in [-0.2, -0.15) is 0 Å². The van der Waals surface area contributed by atoms with E-state index in [1.165, 1.54) is 0 Å². The molecule has 1 amide bonds. The normalized spacial score (nSPS) is 19.4. The number of nitrogens with zero attached hydrogens (tertiary/aromatic N) is 1. The highest BCUT2D eigenvalue weighted by Gasteiger charge is 2.37. The molecule has 2 rings (SSSR count). The molecule has 0 spiro atoms. The number of hydrogen-bond acceptors (Lipinski definition) is 4. The summed E-state index contributed by atoms with van der Waals surface area (Å²) in [6.07, 6.45) is -0.437. The maximum absolute atomic E-state index is 12.7. The maximum Gasteiger partial charge on any atom is 0.268 e. The van der Waals surface area contributed by atoms with Gasteiger partial charge in [0.1, 0.15) is 5.75 Å². The molecule has 0 aliphatic carbocycles. The summed E-state index contributed by atoms with van der Waals surface area (Å²) in [4.78, 5) is 14.5. The summed E-state index contributed by atoms with van der Waals surface area (Å²) in [5, 5.41) is 0. The van der Waals surface area contributed by atoms with Gasteiger partial charge in [-0.05, 0) is 37.5 Å². The fraction of sp³-hybridized carbons (Fsp3) is 0.588. The lowest BCUT2D eigenvalue weighted by Gasteiger charge is -2.38. The Morgan fingerprint density at radius 1 is 1.32 bits per heavy atom. The van der Waals surface area contributed by atoms with E-state index in [2.05, 4.69) is 0 Å². The third-order valence-corrected chi connectivity index (χ3v) is 3.87. The molecule has 1 aromatic rings. The molecule has 1 aliphatic rings. The van der Waals surface area contributed by atoms with Crippen molar-refractivity contribution in [1.29, 1.82) is 0 Å². The summed E-state index contributed by atoms with van der Waals surface area (Å²) in [7, 11) is 1.62. The topological polar surface area (TPSA) is 64.8 Å². The van der Waals surface area contributed by atoms with Crippen LogP contribution in [0.1, 0.15) is 39.3 Å². The zero-order valence-electron chi connectivity index (χ0n) is 14.0. The van der Waals surface area contributed by atoms with Crippen LogP contribution in [-0.2, 0) is 9.53 Å². The van der Waals surface area contributed by atoms with Gasteiger partial charge in [-0.25, -0.2) is 0 Å². The van der Waals surface area contributed by atoms with Crippen LogP contribution in [0, 0.1) is 5.92 Å². The quantitative estimate of drug-likeness (QED) is 0.907. The third kappa shape index (κ3) is 3.10. The minimum atomic E-state index is -0.437. The second kappa shape index (κ2) is 6.67. The number of anilines is 1. The molecule has 0 saturated carbocycles. The zero-order valence-corrected chi connectivity index (χ0v) is 14.0. The van der Waals surface area contributed by atoms with Crippen molar-refractivity contribution in [3.8, 4) is 5.75 Å². The Morgan fingerprint density at radius 2 is 2.00 bits per heavy atom. The van der Waals surface area contributed by atoms with E-state index in [4.69, 9.17) is 15.2 Å². The van der Waals surface area contributed by atoms with Crippen molar-refractivity contribution in [2.75, 3.05) is 18.6 Å². The van der Waals surface area contributed by atoms with E-state index in [0.29, 0.717) is 6.61 Å². The highest BCUT2D eigenvalue weighted by atomic mass is 16.5. The van der Waals surface area contributed by atoms with Gasteiger partial charge in [-0.1, -0.05) is 19.9 Å². The van der Waals surface area contributed by atoms with Crippen molar-refractivity contribution in [1.82, 2.24) is 0 Å². The van der Waals surface area contributed by atoms with Crippen LogP contribution in [-0.4, -0.2) is 31.8 Å². The van der Waals surface area contributed by atoms with Crippen LogP contribution in [0.5, 0.6) is 5.75 Å². The van der Waals surface area contributed by atoms with Gasteiger partial charge in [0.2, 0.25) is 0 Å². The highest BCUT2D eigenvalue weighted by Crippen LogP contribution is 2.38. The lowest BCUT2D eigenvalue weighted by atomic mass is 10.00. The largest absolute Gasteiger partial charge is 0.478 e. The number of carbonyl (C=O) groups excluding carboxylic acids is 1. The molecule has 1 heterocycles. The number of benzene rings is 1. The van der Waals surface area contributed by atoms with Gasteiger partial charge < -0.3 is 20.1 Å². The zero-order chi connectivity index (χ0) is 16.4. The van der Waals surface area contributed by atoms with E-state index in [1.807, 2.05) is 50.8 Å². The maximum atomic E-state index is 12.7. The van der Waals surface area contributed by atoms with Gasteiger partial charge >= 0.3 is 0 Å². The van der Waals surface area contributed by atoms with Crippen LogP contribution in [0.2, 0.25) is 0 Å². The van der Waals surface area contributed by atoms with E-state index in [1.54, 1.807) is 7.11 Å². The van der Waals surface area contributed by atoms with Crippen LogP contribution in [0.15, 0.2) is 18.2 Å². The molecule has 0 radical (unpaired) electrons. The molecule has 0 bridgehead atoms. The average molecular weight is 306 g/mol. The molecule has 2 atom stereocenters. The molecular formula is C17H26N2O3. The van der Waals surface area contributed by atoms with Gasteiger partial charge in [0.05, 0.1) is 18.3 Å². The number of amides is 1. The van der Waals surface area contributed by atoms with E-state index in [0.717, 1.165) is 17.0 Å². The number of rotatable bonds is 5. The summed E-state index contributed by atoms with van der Waals surface area (Å²) < 4.78 is 11.0. The van der Waals surface area contributed by atoms with Gasteiger partial charge in [-0.3, -0.25) is 4.79 Å². The van der Waals surface area contributed by atoms with E-state index in [9.17, 15) is 4.79 Å². The number of fused-ring (bicyclic) bond motifs is 1. The van der Waals surface area contributed by atoms with Gasteiger partial charge in [0, 0.05) is 13.2 Å². The molecular weight excluding hydrogens is 280 g/mol. The Kier molecular flexibility index (Phi) is 5.08. The first-order chi connectivity index (χ1) is 10.4.